The molecule has 0 aromatic carbocycles. The molecule has 0 saturated heterocycles. The second kappa shape index (κ2) is 11.4. The van der Waals surface area contributed by atoms with E-state index in [1.165, 1.54) is 64.2 Å². The van der Waals surface area contributed by atoms with E-state index in [9.17, 15) is 0 Å². The van der Waals surface area contributed by atoms with Crippen molar-refractivity contribution in [2.75, 3.05) is 0 Å². The molecule has 1 nitrogen and oxygen atoms in total. The Morgan fingerprint density at radius 3 is 2.06 bits per heavy atom. The van der Waals surface area contributed by atoms with Crippen LogP contribution in [-0.4, -0.2) is 6.04 Å². The zero-order chi connectivity index (χ0) is 12.2. The van der Waals surface area contributed by atoms with E-state index >= 15 is 0 Å². The van der Waals surface area contributed by atoms with E-state index in [1.54, 1.807) is 0 Å². The van der Waals surface area contributed by atoms with E-state index in [2.05, 4.69) is 20.8 Å². The summed E-state index contributed by atoms with van der Waals surface area (Å²) in [7, 11) is 0. The van der Waals surface area contributed by atoms with Crippen molar-refractivity contribution < 1.29 is 0 Å². The van der Waals surface area contributed by atoms with E-state index in [1.807, 2.05) is 0 Å². The maximum absolute atomic E-state index is 6.15. The minimum Gasteiger partial charge on any atom is -0.328 e. The van der Waals surface area contributed by atoms with Crippen molar-refractivity contribution in [3.63, 3.8) is 0 Å². The molecule has 0 radical (unpaired) electrons. The second-order valence-corrected chi connectivity index (χ2v) is 5.45. The third-order valence-corrected chi connectivity index (χ3v) is 3.42. The molecule has 0 saturated carbocycles. The molecule has 0 rings (SSSR count). The van der Waals surface area contributed by atoms with Crippen LogP contribution in [0.25, 0.3) is 0 Å². The van der Waals surface area contributed by atoms with Gasteiger partial charge in [-0.3, -0.25) is 0 Å². The molecule has 0 aliphatic carbocycles. The Morgan fingerprint density at radius 1 is 0.812 bits per heavy atom. The number of unbranched alkanes of at least 4 members (excludes halogenated alkanes) is 5. The lowest BCUT2D eigenvalue weighted by atomic mass is 9.94. The molecule has 1 heteroatoms. The van der Waals surface area contributed by atoms with Crippen LogP contribution in [0.1, 0.15) is 85.0 Å². The summed E-state index contributed by atoms with van der Waals surface area (Å²) in [5, 5.41) is 0. The number of nitrogens with two attached hydrogens (primary N) is 1. The van der Waals surface area contributed by atoms with Crippen LogP contribution in [-0.2, 0) is 0 Å². The lowest BCUT2D eigenvalue weighted by Gasteiger charge is -2.16. The van der Waals surface area contributed by atoms with Crippen molar-refractivity contribution in [2.45, 2.75) is 91.0 Å². The molecule has 0 aromatic heterocycles. The minimum atomic E-state index is 0.452. The topological polar surface area (TPSA) is 26.0 Å². The van der Waals surface area contributed by atoms with Gasteiger partial charge in [-0.05, 0) is 18.8 Å². The van der Waals surface area contributed by atoms with Crippen LogP contribution in [0.2, 0.25) is 0 Å². The van der Waals surface area contributed by atoms with Crippen molar-refractivity contribution in [3.8, 4) is 0 Å². The molecular formula is C15H33N. The van der Waals surface area contributed by atoms with E-state index in [4.69, 9.17) is 5.73 Å². The maximum Gasteiger partial charge on any atom is 0.00413 e. The van der Waals surface area contributed by atoms with Crippen LogP contribution in [0.15, 0.2) is 0 Å². The van der Waals surface area contributed by atoms with Gasteiger partial charge in [-0.2, -0.15) is 0 Å². The molecule has 0 bridgehead atoms. The Kier molecular flexibility index (Phi) is 11.4. The predicted molar refractivity (Wildman–Crippen MR) is 74.7 cm³/mol. The summed E-state index contributed by atoms with van der Waals surface area (Å²) in [6.07, 6.45) is 13.4. The molecule has 0 aromatic rings. The Balaban J connectivity index is 3.26. The molecule has 0 amide bonds. The minimum absolute atomic E-state index is 0.452. The number of hydrogen-bond donors (Lipinski definition) is 1. The first-order chi connectivity index (χ1) is 7.70. The third-order valence-electron chi connectivity index (χ3n) is 3.42. The Bertz CT molecular complexity index is 133. The van der Waals surface area contributed by atoms with Crippen LogP contribution in [0, 0.1) is 5.92 Å². The first kappa shape index (κ1) is 16.0. The largest absolute Gasteiger partial charge is 0.328 e. The Morgan fingerprint density at radius 2 is 1.44 bits per heavy atom. The van der Waals surface area contributed by atoms with Gasteiger partial charge in [-0.1, -0.05) is 72.1 Å². The van der Waals surface area contributed by atoms with Crippen LogP contribution in [0.5, 0.6) is 0 Å². The second-order valence-electron chi connectivity index (χ2n) is 5.45. The number of rotatable bonds is 11. The SMILES string of the molecule is CCCCCCCCC(N)CC(C)CCC. The first-order valence-corrected chi connectivity index (χ1v) is 7.46. The quantitative estimate of drug-likeness (QED) is 0.500. The summed E-state index contributed by atoms with van der Waals surface area (Å²) in [4.78, 5) is 0. The molecule has 0 fully saturated rings. The zero-order valence-electron chi connectivity index (χ0n) is 11.8. The van der Waals surface area contributed by atoms with Gasteiger partial charge in [0.15, 0.2) is 0 Å². The molecule has 98 valence electrons. The van der Waals surface area contributed by atoms with Crippen LogP contribution in [0.3, 0.4) is 0 Å². The highest BCUT2D eigenvalue weighted by Crippen LogP contribution is 2.15. The number of hydrogen-bond acceptors (Lipinski definition) is 1. The molecule has 0 aliphatic heterocycles. The maximum atomic E-state index is 6.15. The summed E-state index contributed by atoms with van der Waals surface area (Å²) in [5.41, 5.74) is 6.15. The van der Waals surface area contributed by atoms with Gasteiger partial charge in [-0.25, -0.2) is 0 Å². The van der Waals surface area contributed by atoms with Crippen molar-refractivity contribution >= 4 is 0 Å². The molecule has 0 heterocycles. The van der Waals surface area contributed by atoms with Gasteiger partial charge in [0.1, 0.15) is 0 Å². The Labute approximate surface area is 103 Å². The van der Waals surface area contributed by atoms with Gasteiger partial charge in [0.2, 0.25) is 0 Å². The van der Waals surface area contributed by atoms with Gasteiger partial charge in [0, 0.05) is 6.04 Å². The fourth-order valence-corrected chi connectivity index (χ4v) is 2.43. The van der Waals surface area contributed by atoms with Crippen molar-refractivity contribution in [1.82, 2.24) is 0 Å². The van der Waals surface area contributed by atoms with E-state index < -0.39 is 0 Å². The summed E-state index contributed by atoms with van der Waals surface area (Å²) in [6, 6.07) is 0.452. The van der Waals surface area contributed by atoms with Crippen LogP contribution >= 0.6 is 0 Å². The average molecular weight is 227 g/mol. The Hall–Kier alpha value is -0.0400. The standard InChI is InChI=1S/C15H33N/c1-4-6-7-8-9-10-12-15(16)13-14(3)11-5-2/h14-15H,4-13,16H2,1-3H3. The lowest BCUT2D eigenvalue weighted by molar-refractivity contribution is 0.408. The molecule has 2 N–H and O–H groups in total. The lowest BCUT2D eigenvalue weighted by Crippen LogP contribution is -2.22. The van der Waals surface area contributed by atoms with Gasteiger partial charge >= 0.3 is 0 Å². The van der Waals surface area contributed by atoms with E-state index in [0.717, 1.165) is 5.92 Å². The normalized spacial score (nSPS) is 15.0. The highest BCUT2D eigenvalue weighted by molar-refractivity contribution is 4.65. The summed E-state index contributed by atoms with van der Waals surface area (Å²) >= 11 is 0. The molecular weight excluding hydrogens is 194 g/mol. The monoisotopic (exact) mass is 227 g/mol. The highest BCUT2D eigenvalue weighted by atomic mass is 14.6. The summed E-state index contributed by atoms with van der Waals surface area (Å²) < 4.78 is 0. The smallest absolute Gasteiger partial charge is 0.00413 e. The fourth-order valence-electron chi connectivity index (χ4n) is 2.43. The predicted octanol–water partition coefficient (Wildman–Crippen LogP) is 4.89. The van der Waals surface area contributed by atoms with Crippen LogP contribution < -0.4 is 5.73 Å². The third kappa shape index (κ3) is 10.5. The average Bonchev–Trinajstić information content (AvgIpc) is 2.23. The van der Waals surface area contributed by atoms with Crippen molar-refractivity contribution in [3.05, 3.63) is 0 Å². The van der Waals surface area contributed by atoms with Gasteiger partial charge in [0.25, 0.3) is 0 Å². The zero-order valence-corrected chi connectivity index (χ0v) is 11.8. The van der Waals surface area contributed by atoms with Gasteiger partial charge in [-0.15, -0.1) is 0 Å². The molecule has 2 unspecified atom stereocenters. The summed E-state index contributed by atoms with van der Waals surface area (Å²) in [6.45, 7) is 6.87. The molecule has 16 heavy (non-hydrogen) atoms. The molecule has 0 aliphatic rings. The van der Waals surface area contributed by atoms with Gasteiger partial charge < -0.3 is 5.73 Å². The van der Waals surface area contributed by atoms with Gasteiger partial charge in [0.05, 0.1) is 0 Å². The summed E-state index contributed by atoms with van der Waals surface area (Å²) in [5.74, 6) is 0.820. The van der Waals surface area contributed by atoms with Crippen LogP contribution in [0.4, 0.5) is 0 Å². The van der Waals surface area contributed by atoms with E-state index in [0.29, 0.717) is 6.04 Å². The molecule has 2 atom stereocenters. The molecule has 0 spiro atoms. The highest BCUT2D eigenvalue weighted by Gasteiger charge is 2.07. The van der Waals surface area contributed by atoms with Crippen molar-refractivity contribution in [1.29, 1.82) is 0 Å². The van der Waals surface area contributed by atoms with E-state index in [-0.39, 0.29) is 0 Å². The van der Waals surface area contributed by atoms with Crippen molar-refractivity contribution in [2.24, 2.45) is 11.7 Å². The fraction of sp³-hybridized carbons (Fsp3) is 1.00. The first-order valence-electron chi connectivity index (χ1n) is 7.46.